The van der Waals surface area contributed by atoms with E-state index in [-0.39, 0.29) is 5.54 Å². The number of rotatable bonds is 6. The van der Waals surface area contributed by atoms with Crippen molar-refractivity contribution in [2.75, 3.05) is 13.1 Å². The zero-order valence-corrected chi connectivity index (χ0v) is 13.2. The highest BCUT2D eigenvalue weighted by molar-refractivity contribution is 5.00. The molecular formula is C16H34N2. The van der Waals surface area contributed by atoms with Crippen LogP contribution in [0.15, 0.2) is 0 Å². The number of hydrogen-bond donors (Lipinski definition) is 2. The molecule has 0 aromatic rings. The molecule has 0 amide bonds. The van der Waals surface area contributed by atoms with E-state index >= 15 is 0 Å². The third kappa shape index (κ3) is 3.71. The van der Waals surface area contributed by atoms with E-state index in [1.165, 1.54) is 32.1 Å². The Morgan fingerprint density at radius 2 is 1.83 bits per heavy atom. The van der Waals surface area contributed by atoms with Gasteiger partial charge in [-0.3, -0.25) is 0 Å². The summed E-state index contributed by atoms with van der Waals surface area (Å²) in [5.41, 5.74) is 6.81. The molecule has 2 atom stereocenters. The molecule has 0 aliphatic heterocycles. The van der Waals surface area contributed by atoms with Gasteiger partial charge in [0, 0.05) is 12.1 Å². The molecule has 0 heterocycles. The van der Waals surface area contributed by atoms with Crippen molar-refractivity contribution in [1.82, 2.24) is 5.32 Å². The van der Waals surface area contributed by atoms with Crippen molar-refractivity contribution in [2.24, 2.45) is 23.0 Å². The normalized spacial score (nSPS) is 31.8. The topological polar surface area (TPSA) is 38.0 Å². The van der Waals surface area contributed by atoms with Gasteiger partial charge in [0.2, 0.25) is 0 Å². The standard InChI is InChI=1S/C16H34N2/c1-6-14(7-2)11-18-16(12-17)9-8-15(4,5)10-13(16)3/h13-14,18H,6-12,17H2,1-5H3. The quantitative estimate of drug-likeness (QED) is 0.760. The lowest BCUT2D eigenvalue weighted by molar-refractivity contribution is 0.0752. The van der Waals surface area contributed by atoms with Crippen molar-refractivity contribution >= 4 is 0 Å². The summed E-state index contributed by atoms with van der Waals surface area (Å²) in [5, 5.41) is 3.85. The average molecular weight is 254 g/mol. The van der Waals surface area contributed by atoms with E-state index in [4.69, 9.17) is 5.73 Å². The van der Waals surface area contributed by atoms with E-state index < -0.39 is 0 Å². The van der Waals surface area contributed by atoms with Crippen LogP contribution in [0.5, 0.6) is 0 Å². The molecule has 1 aliphatic rings. The van der Waals surface area contributed by atoms with E-state index in [1.807, 2.05) is 0 Å². The summed E-state index contributed by atoms with van der Waals surface area (Å²) in [5.74, 6) is 1.48. The molecule has 0 saturated heterocycles. The Labute approximate surface area is 114 Å². The fourth-order valence-electron chi connectivity index (χ4n) is 3.50. The van der Waals surface area contributed by atoms with Gasteiger partial charge < -0.3 is 11.1 Å². The first-order valence-corrected chi connectivity index (χ1v) is 7.84. The van der Waals surface area contributed by atoms with Crippen LogP contribution in [-0.2, 0) is 0 Å². The van der Waals surface area contributed by atoms with Crippen LogP contribution in [0.1, 0.15) is 66.7 Å². The first-order chi connectivity index (χ1) is 8.39. The highest BCUT2D eigenvalue weighted by atomic mass is 15.0. The second kappa shape index (κ2) is 6.38. The van der Waals surface area contributed by atoms with Gasteiger partial charge in [0.15, 0.2) is 0 Å². The summed E-state index contributed by atoms with van der Waals surface area (Å²) in [6.07, 6.45) is 6.36. The van der Waals surface area contributed by atoms with Gasteiger partial charge in [0.05, 0.1) is 0 Å². The third-order valence-electron chi connectivity index (χ3n) is 5.31. The minimum Gasteiger partial charge on any atom is -0.329 e. The lowest BCUT2D eigenvalue weighted by atomic mass is 9.63. The fraction of sp³-hybridized carbons (Fsp3) is 1.00. The largest absolute Gasteiger partial charge is 0.329 e. The molecule has 1 rings (SSSR count). The molecule has 3 N–H and O–H groups in total. The predicted molar refractivity (Wildman–Crippen MR) is 80.7 cm³/mol. The van der Waals surface area contributed by atoms with Crippen LogP contribution in [0.2, 0.25) is 0 Å². The third-order valence-corrected chi connectivity index (χ3v) is 5.31. The fourth-order valence-corrected chi connectivity index (χ4v) is 3.50. The molecule has 2 heteroatoms. The molecule has 0 radical (unpaired) electrons. The summed E-state index contributed by atoms with van der Waals surface area (Å²) in [6, 6.07) is 0. The summed E-state index contributed by atoms with van der Waals surface area (Å²) in [6.45, 7) is 13.7. The van der Waals surface area contributed by atoms with Gasteiger partial charge in [0.25, 0.3) is 0 Å². The van der Waals surface area contributed by atoms with Crippen molar-refractivity contribution < 1.29 is 0 Å². The van der Waals surface area contributed by atoms with Gasteiger partial charge in [-0.05, 0) is 43.1 Å². The van der Waals surface area contributed by atoms with E-state index in [2.05, 4.69) is 39.9 Å². The summed E-state index contributed by atoms with van der Waals surface area (Å²) in [7, 11) is 0. The maximum atomic E-state index is 6.12. The van der Waals surface area contributed by atoms with E-state index in [0.717, 1.165) is 19.0 Å². The Bertz CT molecular complexity index is 245. The van der Waals surface area contributed by atoms with Crippen LogP contribution in [0, 0.1) is 17.3 Å². The van der Waals surface area contributed by atoms with Crippen LogP contribution in [-0.4, -0.2) is 18.6 Å². The van der Waals surface area contributed by atoms with Gasteiger partial charge in [0.1, 0.15) is 0 Å². The van der Waals surface area contributed by atoms with Gasteiger partial charge in [-0.25, -0.2) is 0 Å². The van der Waals surface area contributed by atoms with Crippen LogP contribution < -0.4 is 11.1 Å². The van der Waals surface area contributed by atoms with Gasteiger partial charge >= 0.3 is 0 Å². The molecule has 0 bridgehead atoms. The van der Waals surface area contributed by atoms with Crippen molar-refractivity contribution in [3.63, 3.8) is 0 Å². The Balaban J connectivity index is 2.63. The molecule has 108 valence electrons. The van der Waals surface area contributed by atoms with Crippen LogP contribution >= 0.6 is 0 Å². The summed E-state index contributed by atoms with van der Waals surface area (Å²) < 4.78 is 0. The number of hydrogen-bond acceptors (Lipinski definition) is 2. The van der Waals surface area contributed by atoms with E-state index in [0.29, 0.717) is 11.3 Å². The van der Waals surface area contributed by atoms with Crippen molar-refractivity contribution in [2.45, 2.75) is 72.3 Å². The summed E-state index contributed by atoms with van der Waals surface area (Å²) >= 11 is 0. The molecular weight excluding hydrogens is 220 g/mol. The molecule has 1 saturated carbocycles. The molecule has 0 aromatic carbocycles. The van der Waals surface area contributed by atoms with Crippen LogP contribution in [0.25, 0.3) is 0 Å². The van der Waals surface area contributed by atoms with Crippen molar-refractivity contribution in [3.8, 4) is 0 Å². The second-order valence-corrected chi connectivity index (χ2v) is 7.19. The average Bonchev–Trinajstić information content (AvgIpc) is 2.32. The molecule has 18 heavy (non-hydrogen) atoms. The zero-order chi connectivity index (χ0) is 13.8. The van der Waals surface area contributed by atoms with Crippen LogP contribution in [0.3, 0.4) is 0 Å². The Hall–Kier alpha value is -0.0800. The molecule has 0 spiro atoms. The minimum atomic E-state index is 0.193. The molecule has 0 aromatic heterocycles. The van der Waals surface area contributed by atoms with Gasteiger partial charge in [-0.2, -0.15) is 0 Å². The maximum Gasteiger partial charge on any atom is 0.0330 e. The maximum absolute atomic E-state index is 6.12. The lowest BCUT2D eigenvalue weighted by Crippen LogP contribution is -2.60. The monoisotopic (exact) mass is 254 g/mol. The smallest absolute Gasteiger partial charge is 0.0330 e. The minimum absolute atomic E-state index is 0.193. The Morgan fingerprint density at radius 3 is 2.28 bits per heavy atom. The molecule has 1 fully saturated rings. The number of nitrogens with one attached hydrogen (secondary N) is 1. The van der Waals surface area contributed by atoms with Crippen LogP contribution in [0.4, 0.5) is 0 Å². The SMILES string of the molecule is CCC(CC)CNC1(CN)CCC(C)(C)CC1C. The first-order valence-electron chi connectivity index (χ1n) is 7.84. The van der Waals surface area contributed by atoms with Crippen molar-refractivity contribution in [1.29, 1.82) is 0 Å². The predicted octanol–water partition coefficient (Wildman–Crippen LogP) is 3.56. The molecule has 1 aliphatic carbocycles. The Kier molecular flexibility index (Phi) is 5.67. The van der Waals surface area contributed by atoms with Crippen molar-refractivity contribution in [3.05, 3.63) is 0 Å². The zero-order valence-electron chi connectivity index (χ0n) is 13.2. The highest BCUT2D eigenvalue weighted by Crippen LogP contribution is 2.43. The Morgan fingerprint density at radius 1 is 1.22 bits per heavy atom. The first kappa shape index (κ1) is 16.0. The summed E-state index contributed by atoms with van der Waals surface area (Å²) in [4.78, 5) is 0. The number of nitrogens with two attached hydrogens (primary N) is 1. The molecule has 2 nitrogen and oxygen atoms in total. The second-order valence-electron chi connectivity index (χ2n) is 7.19. The van der Waals surface area contributed by atoms with E-state index in [1.54, 1.807) is 0 Å². The lowest BCUT2D eigenvalue weighted by Gasteiger charge is -2.49. The van der Waals surface area contributed by atoms with E-state index in [9.17, 15) is 0 Å². The van der Waals surface area contributed by atoms with Gasteiger partial charge in [-0.15, -0.1) is 0 Å². The highest BCUT2D eigenvalue weighted by Gasteiger charge is 2.42. The van der Waals surface area contributed by atoms with Gasteiger partial charge in [-0.1, -0.05) is 47.5 Å². The molecule has 2 unspecified atom stereocenters.